The van der Waals surface area contributed by atoms with Gasteiger partial charge in [-0.05, 0) is 39.6 Å². The SMILES string of the molecule is Cc1ccnc(NCC(C)(O)CN(C)C)c1N. The summed E-state index contributed by atoms with van der Waals surface area (Å²) in [7, 11) is 3.85. The van der Waals surface area contributed by atoms with Gasteiger partial charge in [-0.1, -0.05) is 0 Å². The van der Waals surface area contributed by atoms with E-state index in [1.165, 1.54) is 0 Å². The largest absolute Gasteiger partial charge is 0.396 e. The van der Waals surface area contributed by atoms with Gasteiger partial charge in [0.05, 0.1) is 11.3 Å². The van der Waals surface area contributed by atoms with Crippen molar-refractivity contribution >= 4 is 11.5 Å². The van der Waals surface area contributed by atoms with E-state index in [9.17, 15) is 5.11 Å². The molecule has 0 aliphatic heterocycles. The third-order valence-corrected chi connectivity index (χ3v) is 2.50. The number of likely N-dealkylation sites (N-methyl/N-ethyl adjacent to an activating group) is 1. The molecule has 0 radical (unpaired) electrons. The number of rotatable bonds is 5. The van der Waals surface area contributed by atoms with Gasteiger partial charge in [0.25, 0.3) is 0 Å². The Bertz CT molecular complexity index is 377. The summed E-state index contributed by atoms with van der Waals surface area (Å²) in [6.45, 7) is 4.70. The number of aryl methyl sites for hydroxylation is 1. The molecule has 1 rings (SSSR count). The molecule has 0 aliphatic rings. The standard InChI is InChI=1S/C12H22N4O/c1-9-5-6-14-11(10(9)13)15-7-12(2,17)8-16(3)4/h5-6,17H,7-8,13H2,1-4H3,(H,14,15). The van der Waals surface area contributed by atoms with Crippen molar-refractivity contribution in [2.24, 2.45) is 0 Å². The van der Waals surface area contributed by atoms with E-state index >= 15 is 0 Å². The highest BCUT2D eigenvalue weighted by Crippen LogP contribution is 2.19. The molecule has 1 aromatic rings. The summed E-state index contributed by atoms with van der Waals surface area (Å²) >= 11 is 0. The van der Waals surface area contributed by atoms with Gasteiger partial charge in [0.2, 0.25) is 0 Å². The van der Waals surface area contributed by atoms with Crippen LogP contribution in [-0.2, 0) is 0 Å². The molecule has 1 heterocycles. The molecule has 1 atom stereocenters. The van der Waals surface area contributed by atoms with Crippen LogP contribution in [0.1, 0.15) is 12.5 Å². The van der Waals surface area contributed by atoms with Gasteiger partial charge in [0.15, 0.2) is 0 Å². The number of pyridine rings is 1. The van der Waals surface area contributed by atoms with Crippen LogP contribution in [0, 0.1) is 6.92 Å². The van der Waals surface area contributed by atoms with E-state index in [2.05, 4.69) is 10.3 Å². The lowest BCUT2D eigenvalue weighted by Gasteiger charge is -2.27. The molecule has 0 amide bonds. The normalized spacial score (nSPS) is 14.7. The fourth-order valence-electron chi connectivity index (χ4n) is 1.72. The van der Waals surface area contributed by atoms with Gasteiger partial charge < -0.3 is 21.1 Å². The highest BCUT2D eigenvalue weighted by molar-refractivity contribution is 5.64. The van der Waals surface area contributed by atoms with Crippen LogP contribution in [0.3, 0.4) is 0 Å². The Morgan fingerprint density at radius 3 is 2.76 bits per heavy atom. The summed E-state index contributed by atoms with van der Waals surface area (Å²) in [6, 6.07) is 1.86. The van der Waals surface area contributed by atoms with Gasteiger partial charge >= 0.3 is 0 Å². The number of hydrogen-bond acceptors (Lipinski definition) is 5. The lowest BCUT2D eigenvalue weighted by molar-refractivity contribution is 0.0459. The van der Waals surface area contributed by atoms with Crippen molar-refractivity contribution in [3.05, 3.63) is 17.8 Å². The second-order valence-electron chi connectivity index (χ2n) is 4.98. The number of nitrogen functional groups attached to an aromatic ring is 1. The molecule has 0 bridgehead atoms. The molecule has 0 fully saturated rings. The number of anilines is 2. The van der Waals surface area contributed by atoms with E-state index in [4.69, 9.17) is 5.73 Å². The van der Waals surface area contributed by atoms with Gasteiger partial charge in [-0.25, -0.2) is 4.98 Å². The Kier molecular flexibility index (Phi) is 4.31. The Labute approximate surface area is 103 Å². The molecule has 1 unspecified atom stereocenters. The highest BCUT2D eigenvalue weighted by atomic mass is 16.3. The fourth-order valence-corrected chi connectivity index (χ4v) is 1.72. The lowest BCUT2D eigenvalue weighted by Crippen LogP contribution is -2.43. The average Bonchev–Trinajstić information content (AvgIpc) is 2.18. The van der Waals surface area contributed by atoms with E-state index in [1.54, 1.807) is 13.1 Å². The van der Waals surface area contributed by atoms with Crippen molar-refractivity contribution in [3.8, 4) is 0 Å². The zero-order valence-corrected chi connectivity index (χ0v) is 11.0. The molecule has 96 valence electrons. The van der Waals surface area contributed by atoms with E-state index < -0.39 is 5.60 Å². The van der Waals surface area contributed by atoms with Crippen molar-refractivity contribution in [3.63, 3.8) is 0 Å². The van der Waals surface area contributed by atoms with Gasteiger partial charge in [0.1, 0.15) is 5.82 Å². The Morgan fingerprint density at radius 1 is 1.53 bits per heavy atom. The minimum absolute atomic E-state index is 0.409. The number of aliphatic hydroxyl groups is 1. The average molecular weight is 238 g/mol. The smallest absolute Gasteiger partial charge is 0.149 e. The van der Waals surface area contributed by atoms with E-state index in [0.29, 0.717) is 24.6 Å². The first-order valence-corrected chi connectivity index (χ1v) is 5.64. The molecule has 17 heavy (non-hydrogen) atoms. The maximum atomic E-state index is 10.1. The lowest BCUT2D eigenvalue weighted by atomic mass is 10.1. The summed E-state index contributed by atoms with van der Waals surface area (Å²) < 4.78 is 0. The monoisotopic (exact) mass is 238 g/mol. The molecule has 1 aromatic heterocycles. The number of hydrogen-bond donors (Lipinski definition) is 3. The Hall–Kier alpha value is -1.33. The van der Waals surface area contributed by atoms with Crippen molar-refractivity contribution in [1.82, 2.24) is 9.88 Å². The van der Waals surface area contributed by atoms with Crippen molar-refractivity contribution in [2.45, 2.75) is 19.4 Å². The van der Waals surface area contributed by atoms with Crippen LogP contribution in [0.4, 0.5) is 11.5 Å². The number of nitrogens with two attached hydrogens (primary N) is 1. The molecule has 5 nitrogen and oxygen atoms in total. The summed E-state index contributed by atoms with van der Waals surface area (Å²) in [5, 5.41) is 13.2. The Morgan fingerprint density at radius 2 is 2.18 bits per heavy atom. The van der Waals surface area contributed by atoms with Crippen LogP contribution in [-0.4, -0.2) is 47.8 Å². The molecule has 0 saturated carbocycles. The van der Waals surface area contributed by atoms with Gasteiger partial charge in [-0.15, -0.1) is 0 Å². The fraction of sp³-hybridized carbons (Fsp3) is 0.583. The van der Waals surface area contributed by atoms with Crippen molar-refractivity contribution < 1.29 is 5.11 Å². The second kappa shape index (κ2) is 5.33. The predicted octanol–water partition coefficient (Wildman–Crippen LogP) is 0.697. The third-order valence-electron chi connectivity index (χ3n) is 2.50. The number of nitrogens with one attached hydrogen (secondary N) is 1. The van der Waals surface area contributed by atoms with Gasteiger partial charge in [-0.3, -0.25) is 0 Å². The van der Waals surface area contributed by atoms with Crippen LogP contribution in [0.15, 0.2) is 12.3 Å². The van der Waals surface area contributed by atoms with E-state index in [1.807, 2.05) is 32.0 Å². The summed E-state index contributed by atoms with van der Waals surface area (Å²) in [6.07, 6.45) is 1.70. The first-order valence-electron chi connectivity index (χ1n) is 5.64. The molecule has 0 aromatic carbocycles. The maximum absolute atomic E-state index is 10.1. The zero-order valence-electron chi connectivity index (χ0n) is 11.0. The highest BCUT2D eigenvalue weighted by Gasteiger charge is 2.21. The zero-order chi connectivity index (χ0) is 13.1. The van der Waals surface area contributed by atoms with Gasteiger partial charge in [-0.2, -0.15) is 0 Å². The molecular formula is C12H22N4O. The van der Waals surface area contributed by atoms with Crippen LogP contribution in [0.2, 0.25) is 0 Å². The molecule has 0 spiro atoms. The first-order chi connectivity index (χ1) is 7.82. The molecule has 0 aliphatic carbocycles. The van der Waals surface area contributed by atoms with Crippen LogP contribution in [0.25, 0.3) is 0 Å². The van der Waals surface area contributed by atoms with Crippen LogP contribution in [0.5, 0.6) is 0 Å². The number of nitrogens with zero attached hydrogens (tertiary/aromatic N) is 2. The van der Waals surface area contributed by atoms with E-state index in [0.717, 1.165) is 5.56 Å². The maximum Gasteiger partial charge on any atom is 0.149 e. The third kappa shape index (κ3) is 4.20. The quantitative estimate of drug-likeness (QED) is 0.704. The van der Waals surface area contributed by atoms with Crippen LogP contribution < -0.4 is 11.1 Å². The van der Waals surface area contributed by atoms with Crippen LogP contribution >= 0.6 is 0 Å². The van der Waals surface area contributed by atoms with E-state index in [-0.39, 0.29) is 0 Å². The molecule has 0 saturated heterocycles. The van der Waals surface area contributed by atoms with Crippen molar-refractivity contribution in [1.29, 1.82) is 0 Å². The first kappa shape index (κ1) is 13.7. The minimum atomic E-state index is -0.818. The minimum Gasteiger partial charge on any atom is -0.396 e. The topological polar surface area (TPSA) is 74.4 Å². The van der Waals surface area contributed by atoms with Crippen molar-refractivity contribution in [2.75, 3.05) is 38.2 Å². The second-order valence-corrected chi connectivity index (χ2v) is 4.98. The number of aromatic nitrogens is 1. The predicted molar refractivity (Wildman–Crippen MR) is 71.1 cm³/mol. The summed E-state index contributed by atoms with van der Waals surface area (Å²) in [5.74, 6) is 0.629. The molecule has 5 heteroatoms. The Balaban J connectivity index is 2.64. The summed E-state index contributed by atoms with van der Waals surface area (Å²) in [4.78, 5) is 6.10. The summed E-state index contributed by atoms with van der Waals surface area (Å²) in [5.41, 5.74) is 6.69. The molecular weight excluding hydrogens is 216 g/mol. The van der Waals surface area contributed by atoms with Gasteiger partial charge in [0, 0.05) is 19.3 Å². The molecule has 4 N–H and O–H groups in total.